The summed E-state index contributed by atoms with van der Waals surface area (Å²) >= 11 is 0. The number of amides is 1. The molecule has 0 aliphatic heterocycles. The summed E-state index contributed by atoms with van der Waals surface area (Å²) in [5, 5.41) is 0. The Hall–Kier alpha value is -3.47. The summed E-state index contributed by atoms with van der Waals surface area (Å²) < 4.78 is 15.9. The average molecular weight is 444 g/mol. The Balaban J connectivity index is 1.82. The van der Waals surface area contributed by atoms with Crippen LogP contribution in [0.2, 0.25) is 0 Å². The van der Waals surface area contributed by atoms with Gasteiger partial charge in [-0.3, -0.25) is 9.36 Å². The zero-order valence-electron chi connectivity index (χ0n) is 19.9. The normalized spacial score (nSPS) is 11.2. The standard InChI is InChI=1S/C28H30FN3O/c1-6-13-31(28(33)27-20(4)14-18(2)15-21(27)5)17-26-30-23-9-7-8-10-25(23)32(26)24-12-11-22(29)16-19(24)3/h7-12,14-16H,6,13,17H2,1-5H3. The van der Waals surface area contributed by atoms with Gasteiger partial charge in [0.15, 0.2) is 0 Å². The molecule has 0 aliphatic rings. The molecule has 170 valence electrons. The van der Waals surface area contributed by atoms with Gasteiger partial charge in [-0.25, -0.2) is 9.37 Å². The van der Waals surface area contributed by atoms with Crippen LogP contribution >= 0.6 is 0 Å². The van der Waals surface area contributed by atoms with E-state index < -0.39 is 0 Å². The Morgan fingerprint density at radius 3 is 2.33 bits per heavy atom. The molecule has 1 amide bonds. The van der Waals surface area contributed by atoms with Crippen LogP contribution in [0.5, 0.6) is 0 Å². The third-order valence-corrected chi connectivity index (χ3v) is 6.03. The maximum Gasteiger partial charge on any atom is 0.254 e. The number of fused-ring (bicyclic) bond motifs is 1. The van der Waals surface area contributed by atoms with E-state index in [-0.39, 0.29) is 11.7 Å². The summed E-state index contributed by atoms with van der Waals surface area (Å²) in [4.78, 5) is 20.5. The second kappa shape index (κ2) is 9.18. The van der Waals surface area contributed by atoms with E-state index in [0.29, 0.717) is 13.1 Å². The van der Waals surface area contributed by atoms with Crippen molar-refractivity contribution in [3.63, 3.8) is 0 Å². The number of rotatable bonds is 6. The van der Waals surface area contributed by atoms with Crippen LogP contribution in [0.25, 0.3) is 16.7 Å². The van der Waals surface area contributed by atoms with Gasteiger partial charge in [0.05, 0.1) is 23.3 Å². The molecule has 4 nitrogen and oxygen atoms in total. The molecule has 1 aromatic heterocycles. The Morgan fingerprint density at radius 2 is 1.67 bits per heavy atom. The van der Waals surface area contributed by atoms with Crippen molar-refractivity contribution in [3.8, 4) is 5.69 Å². The first kappa shape index (κ1) is 22.7. The summed E-state index contributed by atoms with van der Waals surface area (Å²) in [6, 6.07) is 16.8. The predicted molar refractivity (Wildman–Crippen MR) is 131 cm³/mol. The first-order valence-corrected chi connectivity index (χ1v) is 11.4. The summed E-state index contributed by atoms with van der Waals surface area (Å²) in [5.74, 6) is 0.506. The number of carbonyl (C=O) groups is 1. The zero-order chi connectivity index (χ0) is 23.7. The van der Waals surface area contributed by atoms with Gasteiger partial charge in [-0.1, -0.05) is 36.8 Å². The molecule has 0 N–H and O–H groups in total. The fraction of sp³-hybridized carbons (Fsp3) is 0.286. The molecular formula is C28H30FN3O. The molecule has 0 bridgehead atoms. The lowest BCUT2D eigenvalue weighted by atomic mass is 9.98. The number of aromatic nitrogens is 2. The monoisotopic (exact) mass is 443 g/mol. The van der Waals surface area contributed by atoms with E-state index in [1.54, 1.807) is 6.07 Å². The largest absolute Gasteiger partial charge is 0.331 e. The number of hydrogen-bond acceptors (Lipinski definition) is 2. The van der Waals surface area contributed by atoms with E-state index in [9.17, 15) is 9.18 Å². The molecule has 0 unspecified atom stereocenters. The van der Waals surface area contributed by atoms with Crippen molar-refractivity contribution in [1.82, 2.24) is 14.5 Å². The van der Waals surface area contributed by atoms with Gasteiger partial charge in [0.25, 0.3) is 5.91 Å². The van der Waals surface area contributed by atoms with Gasteiger partial charge < -0.3 is 4.90 Å². The SMILES string of the molecule is CCCN(Cc1nc2ccccc2n1-c1ccc(F)cc1C)C(=O)c1c(C)cc(C)cc1C. The molecule has 0 saturated heterocycles. The second-order valence-electron chi connectivity index (χ2n) is 8.78. The number of para-hydroxylation sites is 2. The lowest BCUT2D eigenvalue weighted by molar-refractivity contribution is 0.0737. The fourth-order valence-electron chi connectivity index (χ4n) is 4.69. The van der Waals surface area contributed by atoms with E-state index in [2.05, 4.69) is 23.6 Å². The van der Waals surface area contributed by atoms with Crippen molar-refractivity contribution in [3.05, 3.63) is 94.1 Å². The Bertz CT molecular complexity index is 1320. The van der Waals surface area contributed by atoms with E-state index in [1.165, 1.54) is 12.1 Å². The summed E-state index contributed by atoms with van der Waals surface area (Å²) in [7, 11) is 0. The number of hydrogen-bond donors (Lipinski definition) is 0. The van der Waals surface area contributed by atoms with Crippen LogP contribution in [-0.4, -0.2) is 26.9 Å². The molecule has 0 aliphatic carbocycles. The van der Waals surface area contributed by atoms with Gasteiger partial charge in [0, 0.05) is 12.1 Å². The van der Waals surface area contributed by atoms with Crippen LogP contribution < -0.4 is 0 Å². The predicted octanol–water partition coefficient (Wildman–Crippen LogP) is 6.45. The number of benzene rings is 3. The minimum atomic E-state index is -0.268. The minimum Gasteiger partial charge on any atom is -0.331 e. The van der Waals surface area contributed by atoms with Gasteiger partial charge in [-0.2, -0.15) is 0 Å². The molecule has 0 radical (unpaired) electrons. The van der Waals surface area contributed by atoms with Crippen LogP contribution in [0.3, 0.4) is 0 Å². The molecule has 0 atom stereocenters. The van der Waals surface area contributed by atoms with Crippen LogP contribution in [0.4, 0.5) is 4.39 Å². The van der Waals surface area contributed by atoms with Crippen LogP contribution in [0, 0.1) is 33.5 Å². The highest BCUT2D eigenvalue weighted by Gasteiger charge is 2.23. The van der Waals surface area contributed by atoms with Crippen molar-refractivity contribution in [2.24, 2.45) is 0 Å². The number of imidazole rings is 1. The van der Waals surface area contributed by atoms with E-state index >= 15 is 0 Å². The molecule has 3 aromatic carbocycles. The van der Waals surface area contributed by atoms with E-state index in [4.69, 9.17) is 4.98 Å². The van der Waals surface area contributed by atoms with Gasteiger partial charge in [-0.05, 0) is 81.1 Å². The highest BCUT2D eigenvalue weighted by Crippen LogP contribution is 2.26. The summed E-state index contributed by atoms with van der Waals surface area (Å²) in [6.45, 7) is 11.0. The molecule has 5 heteroatoms. The Morgan fingerprint density at radius 1 is 0.970 bits per heavy atom. The Labute approximate surface area is 194 Å². The molecule has 0 fully saturated rings. The summed E-state index contributed by atoms with van der Waals surface area (Å²) in [6.07, 6.45) is 0.839. The molecule has 4 aromatic rings. The van der Waals surface area contributed by atoms with Crippen molar-refractivity contribution in [1.29, 1.82) is 0 Å². The number of halogens is 1. The third-order valence-electron chi connectivity index (χ3n) is 6.03. The van der Waals surface area contributed by atoms with Gasteiger partial charge in [-0.15, -0.1) is 0 Å². The molecular weight excluding hydrogens is 413 g/mol. The van der Waals surface area contributed by atoms with Gasteiger partial charge >= 0.3 is 0 Å². The molecule has 0 spiro atoms. The minimum absolute atomic E-state index is 0.0151. The van der Waals surface area contributed by atoms with E-state index in [1.807, 2.05) is 56.9 Å². The van der Waals surface area contributed by atoms with Gasteiger partial charge in [0.1, 0.15) is 11.6 Å². The Kier molecular flexibility index (Phi) is 6.32. The van der Waals surface area contributed by atoms with Crippen LogP contribution in [0.1, 0.15) is 51.8 Å². The summed E-state index contributed by atoms with van der Waals surface area (Å²) in [5.41, 5.74) is 7.36. The first-order valence-electron chi connectivity index (χ1n) is 11.4. The lowest BCUT2D eigenvalue weighted by Crippen LogP contribution is -2.33. The van der Waals surface area contributed by atoms with Crippen LogP contribution in [-0.2, 0) is 6.54 Å². The topological polar surface area (TPSA) is 38.1 Å². The molecule has 1 heterocycles. The second-order valence-corrected chi connectivity index (χ2v) is 8.78. The van der Waals surface area contributed by atoms with Crippen molar-refractivity contribution in [2.75, 3.05) is 6.54 Å². The van der Waals surface area contributed by atoms with Crippen molar-refractivity contribution >= 4 is 16.9 Å². The number of carbonyl (C=O) groups excluding carboxylic acids is 1. The molecule has 4 rings (SSSR count). The highest BCUT2D eigenvalue weighted by molar-refractivity contribution is 5.97. The number of aryl methyl sites for hydroxylation is 4. The number of nitrogens with zero attached hydrogens (tertiary/aromatic N) is 3. The third kappa shape index (κ3) is 4.40. The van der Waals surface area contributed by atoms with Crippen molar-refractivity contribution in [2.45, 2.75) is 47.6 Å². The maximum absolute atomic E-state index is 13.8. The molecule has 0 saturated carbocycles. The zero-order valence-corrected chi connectivity index (χ0v) is 19.9. The maximum atomic E-state index is 13.8. The average Bonchev–Trinajstić information content (AvgIpc) is 3.10. The molecule has 33 heavy (non-hydrogen) atoms. The van der Waals surface area contributed by atoms with E-state index in [0.717, 1.165) is 56.8 Å². The van der Waals surface area contributed by atoms with Crippen LogP contribution in [0.15, 0.2) is 54.6 Å². The van der Waals surface area contributed by atoms with Gasteiger partial charge in [0.2, 0.25) is 0 Å². The lowest BCUT2D eigenvalue weighted by Gasteiger charge is -2.25. The quantitative estimate of drug-likeness (QED) is 0.343. The smallest absolute Gasteiger partial charge is 0.254 e. The fourth-order valence-corrected chi connectivity index (χ4v) is 4.69. The van der Waals surface area contributed by atoms with Crippen molar-refractivity contribution < 1.29 is 9.18 Å². The highest BCUT2D eigenvalue weighted by atomic mass is 19.1. The first-order chi connectivity index (χ1) is 15.8.